The Morgan fingerprint density at radius 1 is 0.654 bits per heavy atom. The van der Waals surface area contributed by atoms with Crippen molar-refractivity contribution in [2.24, 2.45) is 0 Å². The van der Waals surface area contributed by atoms with E-state index >= 15 is 0 Å². The summed E-state index contributed by atoms with van der Waals surface area (Å²) in [5.74, 6) is 0.682. The van der Waals surface area contributed by atoms with Gasteiger partial charge in [0.05, 0.1) is 0 Å². The average Bonchev–Trinajstić information content (AvgIpc) is 2.67. The zero-order chi connectivity index (χ0) is 18.9. The van der Waals surface area contributed by atoms with Gasteiger partial charge in [-0.15, -0.1) is 0 Å². The minimum absolute atomic E-state index is 0.682. The summed E-state index contributed by atoms with van der Waals surface area (Å²) in [7, 11) is 0. The third-order valence-electron chi connectivity index (χ3n) is 5.60. The minimum atomic E-state index is 0.682. The average molecular weight is 360 g/mol. The Hall–Kier alpha value is -0.850. The predicted octanol–water partition coefficient (Wildman–Crippen LogP) is 8.62. The van der Waals surface area contributed by atoms with Gasteiger partial charge in [0.15, 0.2) is 0 Å². The lowest BCUT2D eigenvalue weighted by atomic mass is 9.91. The molecule has 0 bridgehead atoms. The van der Waals surface area contributed by atoms with E-state index in [9.17, 15) is 0 Å². The van der Waals surface area contributed by atoms with Crippen LogP contribution in [0.3, 0.4) is 0 Å². The van der Waals surface area contributed by atoms with E-state index in [-0.39, 0.29) is 0 Å². The second kappa shape index (κ2) is 16.3. The fraction of sp³-hybridized carbons (Fsp3) is 0.800. The van der Waals surface area contributed by atoms with Gasteiger partial charge in [-0.1, -0.05) is 104 Å². The minimum Gasteiger partial charge on any atom is -0.258 e. The van der Waals surface area contributed by atoms with Crippen molar-refractivity contribution >= 4 is 0 Å². The Morgan fingerprint density at radius 2 is 1.23 bits per heavy atom. The van der Waals surface area contributed by atoms with Gasteiger partial charge < -0.3 is 0 Å². The molecule has 0 saturated heterocycles. The van der Waals surface area contributed by atoms with Crippen LogP contribution >= 0.6 is 0 Å². The van der Waals surface area contributed by atoms with Crippen molar-refractivity contribution in [1.82, 2.24) is 4.98 Å². The summed E-state index contributed by atoms with van der Waals surface area (Å²) in [5, 5.41) is 0. The summed E-state index contributed by atoms with van der Waals surface area (Å²) in [6.45, 7) is 6.89. The maximum Gasteiger partial charge on any atom is 0.0437 e. The van der Waals surface area contributed by atoms with E-state index in [0.717, 1.165) is 6.42 Å². The first-order valence-corrected chi connectivity index (χ1v) is 11.8. The summed E-state index contributed by atoms with van der Waals surface area (Å²) < 4.78 is 0. The molecule has 1 atom stereocenters. The molecule has 1 aromatic rings. The quantitative estimate of drug-likeness (QED) is 0.254. The van der Waals surface area contributed by atoms with Crippen LogP contribution in [0, 0.1) is 0 Å². The monoisotopic (exact) mass is 359 g/mol. The van der Waals surface area contributed by atoms with E-state index in [1.807, 2.05) is 0 Å². The van der Waals surface area contributed by atoms with E-state index in [2.05, 4.69) is 39.0 Å². The predicted molar refractivity (Wildman–Crippen MR) is 117 cm³/mol. The van der Waals surface area contributed by atoms with Crippen molar-refractivity contribution in [2.75, 3.05) is 0 Å². The number of unbranched alkanes of at least 4 members (excludes halogenated alkanes) is 10. The molecular weight excluding hydrogens is 314 g/mol. The number of pyridine rings is 1. The Labute approximate surface area is 164 Å². The standard InChI is InChI=1S/C25H45N/c1-4-7-10-12-14-15-19-23(18-9-6-3)25-22-17-21-24(26-25)20-16-13-11-8-5-2/h17,21-23H,4-16,18-20H2,1-3H3. The van der Waals surface area contributed by atoms with Crippen LogP contribution in [0.2, 0.25) is 0 Å². The van der Waals surface area contributed by atoms with Gasteiger partial charge in [-0.05, 0) is 37.8 Å². The topological polar surface area (TPSA) is 12.9 Å². The molecule has 1 aromatic heterocycles. The number of aryl methyl sites for hydroxylation is 1. The molecule has 0 fully saturated rings. The molecule has 0 saturated carbocycles. The Bertz CT molecular complexity index is 426. The first-order valence-electron chi connectivity index (χ1n) is 11.8. The zero-order valence-corrected chi connectivity index (χ0v) is 18.1. The summed E-state index contributed by atoms with van der Waals surface area (Å²) >= 11 is 0. The van der Waals surface area contributed by atoms with Gasteiger partial charge in [0.25, 0.3) is 0 Å². The third-order valence-corrected chi connectivity index (χ3v) is 5.60. The van der Waals surface area contributed by atoms with Crippen molar-refractivity contribution < 1.29 is 0 Å². The number of hydrogen-bond donors (Lipinski definition) is 0. The molecule has 1 heterocycles. The second-order valence-electron chi connectivity index (χ2n) is 8.11. The molecule has 1 heteroatoms. The van der Waals surface area contributed by atoms with Crippen LogP contribution in [-0.4, -0.2) is 4.98 Å². The molecule has 0 aliphatic heterocycles. The van der Waals surface area contributed by atoms with Crippen molar-refractivity contribution in [2.45, 2.75) is 129 Å². The molecular formula is C25H45N. The molecule has 0 aromatic carbocycles. The number of aromatic nitrogens is 1. The highest BCUT2D eigenvalue weighted by Gasteiger charge is 2.13. The molecule has 0 spiro atoms. The van der Waals surface area contributed by atoms with Crippen LogP contribution in [0.15, 0.2) is 18.2 Å². The summed E-state index contributed by atoms with van der Waals surface area (Å²) in [6, 6.07) is 6.78. The van der Waals surface area contributed by atoms with Crippen LogP contribution < -0.4 is 0 Å². The van der Waals surface area contributed by atoms with Gasteiger partial charge in [0, 0.05) is 17.3 Å². The van der Waals surface area contributed by atoms with Gasteiger partial charge in [0.1, 0.15) is 0 Å². The summed E-state index contributed by atoms with van der Waals surface area (Å²) in [5.41, 5.74) is 2.70. The molecule has 0 aliphatic rings. The van der Waals surface area contributed by atoms with Crippen molar-refractivity contribution in [3.63, 3.8) is 0 Å². The first-order chi connectivity index (χ1) is 12.8. The van der Waals surface area contributed by atoms with Crippen molar-refractivity contribution in [3.05, 3.63) is 29.6 Å². The van der Waals surface area contributed by atoms with Gasteiger partial charge >= 0.3 is 0 Å². The van der Waals surface area contributed by atoms with Crippen LogP contribution in [0.1, 0.15) is 134 Å². The van der Waals surface area contributed by atoms with Crippen molar-refractivity contribution in [1.29, 1.82) is 0 Å². The SMILES string of the molecule is CCCCCCCCC(CCCC)c1cccc(CCCCCCC)n1. The molecule has 0 aliphatic carbocycles. The maximum absolute atomic E-state index is 5.07. The number of rotatable bonds is 17. The number of nitrogens with zero attached hydrogens (tertiary/aromatic N) is 1. The smallest absolute Gasteiger partial charge is 0.0437 e. The largest absolute Gasteiger partial charge is 0.258 e. The molecule has 1 unspecified atom stereocenters. The fourth-order valence-corrected chi connectivity index (χ4v) is 3.84. The fourth-order valence-electron chi connectivity index (χ4n) is 3.84. The Kier molecular flexibility index (Phi) is 14.6. The molecule has 0 amide bonds. The van der Waals surface area contributed by atoms with Crippen LogP contribution in [0.25, 0.3) is 0 Å². The molecule has 26 heavy (non-hydrogen) atoms. The Balaban J connectivity index is 2.47. The molecule has 0 N–H and O–H groups in total. The first kappa shape index (κ1) is 23.2. The van der Waals surface area contributed by atoms with Crippen LogP contribution in [0.4, 0.5) is 0 Å². The second-order valence-corrected chi connectivity index (χ2v) is 8.11. The number of hydrogen-bond acceptors (Lipinski definition) is 1. The zero-order valence-electron chi connectivity index (χ0n) is 18.1. The highest BCUT2D eigenvalue weighted by Crippen LogP contribution is 2.27. The van der Waals surface area contributed by atoms with E-state index in [1.54, 1.807) is 0 Å². The third kappa shape index (κ3) is 11.0. The van der Waals surface area contributed by atoms with Crippen LogP contribution in [-0.2, 0) is 6.42 Å². The summed E-state index contributed by atoms with van der Waals surface area (Å²) in [6.07, 6.45) is 21.5. The normalized spacial score (nSPS) is 12.4. The van der Waals surface area contributed by atoms with Crippen LogP contribution in [0.5, 0.6) is 0 Å². The van der Waals surface area contributed by atoms with Gasteiger partial charge in [-0.3, -0.25) is 4.98 Å². The lowest BCUT2D eigenvalue weighted by Gasteiger charge is -2.17. The lowest BCUT2D eigenvalue weighted by molar-refractivity contribution is 0.492. The molecule has 0 radical (unpaired) electrons. The Morgan fingerprint density at radius 3 is 1.92 bits per heavy atom. The lowest BCUT2D eigenvalue weighted by Crippen LogP contribution is -2.04. The van der Waals surface area contributed by atoms with Crippen molar-refractivity contribution in [3.8, 4) is 0 Å². The van der Waals surface area contributed by atoms with Gasteiger partial charge in [-0.25, -0.2) is 0 Å². The maximum atomic E-state index is 5.07. The molecule has 150 valence electrons. The van der Waals surface area contributed by atoms with Gasteiger partial charge in [0.2, 0.25) is 0 Å². The molecule has 1 rings (SSSR count). The van der Waals surface area contributed by atoms with E-state index in [1.165, 1.54) is 108 Å². The van der Waals surface area contributed by atoms with Gasteiger partial charge in [-0.2, -0.15) is 0 Å². The summed E-state index contributed by atoms with van der Waals surface area (Å²) in [4.78, 5) is 5.07. The van der Waals surface area contributed by atoms with E-state index in [0.29, 0.717) is 5.92 Å². The molecule has 1 nitrogen and oxygen atoms in total. The highest BCUT2D eigenvalue weighted by atomic mass is 14.7. The van der Waals surface area contributed by atoms with E-state index in [4.69, 9.17) is 4.98 Å². The highest BCUT2D eigenvalue weighted by molar-refractivity contribution is 5.15. The van der Waals surface area contributed by atoms with E-state index < -0.39 is 0 Å².